The van der Waals surface area contributed by atoms with Gasteiger partial charge < -0.3 is 20.4 Å². The lowest BCUT2D eigenvalue weighted by atomic mass is 10.2. The van der Waals surface area contributed by atoms with E-state index in [2.05, 4.69) is 21.2 Å². The van der Waals surface area contributed by atoms with Crippen LogP contribution in [-0.4, -0.2) is 29.1 Å². The molecule has 158 valence electrons. The minimum atomic E-state index is -0.0514. The Morgan fingerprint density at radius 1 is 1.27 bits per heavy atom. The van der Waals surface area contributed by atoms with Gasteiger partial charge in [0.2, 0.25) is 0 Å². The Kier molecular flexibility index (Phi) is 6.18. The van der Waals surface area contributed by atoms with E-state index in [0.29, 0.717) is 19.6 Å². The summed E-state index contributed by atoms with van der Waals surface area (Å²) in [6, 6.07) is 11.9. The third-order valence-corrected chi connectivity index (χ3v) is 5.28. The minimum absolute atomic E-state index is 0.0514. The summed E-state index contributed by atoms with van der Waals surface area (Å²) in [5, 5.41) is 2.92. The van der Waals surface area contributed by atoms with Crippen LogP contribution in [0.2, 0.25) is 0 Å². The molecule has 2 amide bonds. The number of allylic oxidation sites excluding steroid dienone is 1. The first-order valence-corrected chi connectivity index (χ1v) is 10.4. The summed E-state index contributed by atoms with van der Waals surface area (Å²) < 4.78 is 5.81. The monoisotopic (exact) mass is 407 g/mol. The summed E-state index contributed by atoms with van der Waals surface area (Å²) >= 11 is 0. The van der Waals surface area contributed by atoms with Gasteiger partial charge in [0.25, 0.3) is 0 Å². The van der Waals surface area contributed by atoms with Crippen molar-refractivity contribution in [3.63, 3.8) is 0 Å². The van der Waals surface area contributed by atoms with Gasteiger partial charge >= 0.3 is 6.03 Å². The standard InChI is InChI=1S/C23H29N5O2/c1-16(2)22-14-28(23(29)26-22)13-18-8-9-20(24-11-18)12-25-27-19-4-3-5-21(10-19)30-15-17-6-7-17/h3-5,8-11,17,25,27H,6-7,12-15H2,1-2H3,(H,26,29). The Labute approximate surface area is 177 Å². The van der Waals surface area contributed by atoms with Crippen LogP contribution in [0, 0.1) is 5.92 Å². The summed E-state index contributed by atoms with van der Waals surface area (Å²) in [5.41, 5.74) is 11.4. The van der Waals surface area contributed by atoms with Crippen LogP contribution in [0.15, 0.2) is 53.9 Å². The van der Waals surface area contributed by atoms with Gasteiger partial charge in [-0.1, -0.05) is 17.7 Å². The molecule has 0 atom stereocenters. The summed E-state index contributed by atoms with van der Waals surface area (Å²) in [6.45, 7) is 6.58. The highest BCUT2D eigenvalue weighted by Crippen LogP contribution is 2.30. The Bertz CT molecular complexity index is 917. The molecule has 2 heterocycles. The Morgan fingerprint density at radius 2 is 2.13 bits per heavy atom. The van der Waals surface area contributed by atoms with Crippen molar-refractivity contribution in [2.75, 3.05) is 18.6 Å². The molecule has 0 radical (unpaired) electrons. The third-order valence-electron chi connectivity index (χ3n) is 5.28. The van der Waals surface area contributed by atoms with Crippen molar-refractivity contribution in [1.82, 2.24) is 20.6 Å². The smallest absolute Gasteiger partial charge is 0.322 e. The number of carbonyl (C=O) groups is 1. The van der Waals surface area contributed by atoms with Gasteiger partial charge in [0.1, 0.15) is 5.75 Å². The van der Waals surface area contributed by atoms with Crippen molar-refractivity contribution in [3.05, 3.63) is 65.1 Å². The van der Waals surface area contributed by atoms with E-state index >= 15 is 0 Å². The van der Waals surface area contributed by atoms with E-state index in [0.717, 1.165) is 46.5 Å². The molecular weight excluding hydrogens is 378 g/mol. The van der Waals surface area contributed by atoms with Crippen molar-refractivity contribution >= 4 is 11.7 Å². The molecule has 1 aromatic carbocycles. The first kappa shape index (κ1) is 20.2. The highest BCUT2D eigenvalue weighted by Gasteiger charge is 2.24. The Morgan fingerprint density at radius 3 is 2.83 bits per heavy atom. The predicted octanol–water partition coefficient (Wildman–Crippen LogP) is 3.81. The van der Waals surface area contributed by atoms with E-state index in [4.69, 9.17) is 4.74 Å². The fraction of sp³-hybridized carbons (Fsp3) is 0.391. The molecule has 2 aliphatic rings. The maximum Gasteiger partial charge on any atom is 0.322 e. The zero-order valence-corrected chi connectivity index (χ0v) is 17.6. The molecule has 0 bridgehead atoms. The molecule has 4 rings (SSSR count). The number of hydrogen-bond acceptors (Lipinski definition) is 5. The molecule has 7 heteroatoms. The van der Waals surface area contributed by atoms with Crippen LogP contribution in [0.25, 0.3) is 0 Å². The van der Waals surface area contributed by atoms with Crippen molar-refractivity contribution in [2.24, 2.45) is 5.92 Å². The van der Waals surface area contributed by atoms with Crippen molar-refractivity contribution in [3.8, 4) is 5.75 Å². The van der Waals surface area contributed by atoms with Crippen LogP contribution < -0.4 is 20.9 Å². The molecule has 1 aliphatic heterocycles. The average molecular weight is 408 g/mol. The zero-order valence-electron chi connectivity index (χ0n) is 17.6. The quantitative estimate of drug-likeness (QED) is 0.551. The van der Waals surface area contributed by atoms with Gasteiger partial charge in [0.15, 0.2) is 0 Å². The normalized spacial score (nSPS) is 15.9. The summed E-state index contributed by atoms with van der Waals surface area (Å²) in [6.07, 6.45) is 4.40. The second-order valence-corrected chi connectivity index (χ2v) is 8.18. The van der Waals surface area contributed by atoms with Crippen LogP contribution in [0.3, 0.4) is 0 Å². The van der Waals surface area contributed by atoms with Gasteiger partial charge in [0.05, 0.1) is 31.1 Å². The highest BCUT2D eigenvalue weighted by molar-refractivity contribution is 5.79. The number of hydrazine groups is 1. The first-order valence-electron chi connectivity index (χ1n) is 10.4. The number of urea groups is 1. The highest BCUT2D eigenvalue weighted by atomic mass is 16.5. The van der Waals surface area contributed by atoms with Gasteiger partial charge in [-0.15, -0.1) is 0 Å². The second-order valence-electron chi connectivity index (χ2n) is 8.18. The van der Waals surface area contributed by atoms with Crippen LogP contribution in [0.4, 0.5) is 10.5 Å². The maximum atomic E-state index is 12.1. The molecule has 1 saturated heterocycles. The largest absolute Gasteiger partial charge is 0.493 e. The van der Waals surface area contributed by atoms with Crippen LogP contribution in [0.5, 0.6) is 5.75 Å². The van der Waals surface area contributed by atoms with Gasteiger partial charge in [-0.3, -0.25) is 4.98 Å². The van der Waals surface area contributed by atoms with E-state index in [1.165, 1.54) is 12.8 Å². The lowest BCUT2D eigenvalue weighted by Gasteiger charge is -2.14. The number of nitrogens with one attached hydrogen (secondary N) is 3. The third kappa shape index (κ3) is 5.51. The van der Waals surface area contributed by atoms with E-state index in [1.54, 1.807) is 4.90 Å². The number of rotatable bonds is 9. The predicted molar refractivity (Wildman–Crippen MR) is 117 cm³/mol. The maximum absolute atomic E-state index is 12.1. The molecular formula is C23H29N5O2. The van der Waals surface area contributed by atoms with Crippen molar-refractivity contribution in [1.29, 1.82) is 0 Å². The van der Waals surface area contributed by atoms with Crippen LogP contribution in [0.1, 0.15) is 37.9 Å². The Hall–Kier alpha value is -3.06. The van der Waals surface area contributed by atoms with E-state index in [9.17, 15) is 4.79 Å². The minimum Gasteiger partial charge on any atom is -0.493 e. The number of nitrogens with zero attached hydrogens (tertiary/aromatic N) is 2. The number of amides is 2. The van der Waals surface area contributed by atoms with E-state index in [-0.39, 0.29) is 6.03 Å². The van der Waals surface area contributed by atoms with Gasteiger partial charge in [-0.25, -0.2) is 10.2 Å². The van der Waals surface area contributed by atoms with Gasteiger partial charge in [-0.05, 0) is 56.4 Å². The number of ether oxygens (including phenoxy) is 1. The summed E-state index contributed by atoms with van der Waals surface area (Å²) in [7, 11) is 0. The number of aromatic nitrogens is 1. The lowest BCUT2D eigenvalue weighted by molar-refractivity contribution is 0.215. The number of hydrogen-bond donors (Lipinski definition) is 3. The Balaban J connectivity index is 1.23. The molecule has 1 aromatic heterocycles. The zero-order chi connectivity index (χ0) is 20.9. The van der Waals surface area contributed by atoms with Gasteiger partial charge in [0, 0.05) is 24.5 Å². The summed E-state index contributed by atoms with van der Waals surface area (Å²) in [5.74, 6) is 1.63. The van der Waals surface area contributed by atoms with E-state index in [1.807, 2.05) is 56.4 Å². The molecule has 2 aromatic rings. The molecule has 7 nitrogen and oxygen atoms in total. The van der Waals surface area contributed by atoms with Crippen molar-refractivity contribution in [2.45, 2.75) is 39.8 Å². The molecule has 3 N–H and O–H groups in total. The molecule has 30 heavy (non-hydrogen) atoms. The first-order chi connectivity index (χ1) is 14.6. The SMILES string of the molecule is CC(C)=C1CN(Cc2ccc(CNNc3cccc(OCC4CC4)c3)nc2)C(=O)N1. The van der Waals surface area contributed by atoms with Crippen LogP contribution in [-0.2, 0) is 13.1 Å². The lowest BCUT2D eigenvalue weighted by Crippen LogP contribution is -2.27. The number of benzene rings is 1. The average Bonchev–Trinajstić information content (AvgIpc) is 3.50. The number of carbonyl (C=O) groups excluding carboxylic acids is 1. The van der Waals surface area contributed by atoms with E-state index < -0.39 is 0 Å². The fourth-order valence-electron chi connectivity index (χ4n) is 3.19. The fourth-order valence-corrected chi connectivity index (χ4v) is 3.19. The second kappa shape index (κ2) is 9.17. The molecule has 2 fully saturated rings. The molecule has 0 unspecified atom stereocenters. The van der Waals surface area contributed by atoms with Crippen LogP contribution >= 0.6 is 0 Å². The number of anilines is 1. The molecule has 0 spiro atoms. The summed E-state index contributed by atoms with van der Waals surface area (Å²) in [4.78, 5) is 18.4. The molecule has 1 aliphatic carbocycles. The molecule has 1 saturated carbocycles. The van der Waals surface area contributed by atoms with Crippen molar-refractivity contribution < 1.29 is 9.53 Å². The topological polar surface area (TPSA) is 78.5 Å². The van der Waals surface area contributed by atoms with Gasteiger partial charge in [-0.2, -0.15) is 0 Å². The number of pyridine rings is 1.